The zero-order valence-corrected chi connectivity index (χ0v) is 20.6. The lowest BCUT2D eigenvalue weighted by atomic mass is 10.1. The first-order valence-corrected chi connectivity index (χ1v) is 12.3. The van der Waals surface area contributed by atoms with Gasteiger partial charge in [-0.2, -0.15) is 0 Å². The molecule has 0 saturated carbocycles. The van der Waals surface area contributed by atoms with E-state index in [0.29, 0.717) is 41.1 Å². The number of para-hydroxylation sites is 2. The average molecular weight is 497 g/mol. The zero-order chi connectivity index (χ0) is 25.8. The number of amides is 2. The summed E-state index contributed by atoms with van der Waals surface area (Å²) in [6.07, 6.45) is 1.84. The molecule has 5 rings (SSSR count). The first-order valence-electron chi connectivity index (χ1n) is 12.3. The van der Waals surface area contributed by atoms with Crippen molar-refractivity contribution in [2.75, 3.05) is 18.6 Å². The molecule has 0 radical (unpaired) electrons. The van der Waals surface area contributed by atoms with Crippen molar-refractivity contribution >= 4 is 28.5 Å². The van der Waals surface area contributed by atoms with Crippen molar-refractivity contribution in [2.24, 2.45) is 0 Å². The lowest BCUT2D eigenvalue weighted by Crippen LogP contribution is -2.27. The maximum atomic E-state index is 13.4. The molecule has 1 N–H and O–H groups in total. The molecule has 1 aliphatic rings. The number of ether oxygens (including phenoxy) is 1. The minimum atomic E-state index is -0.247. The Balaban J connectivity index is 1.27. The highest BCUT2D eigenvalue weighted by Crippen LogP contribution is 2.22. The van der Waals surface area contributed by atoms with Crippen LogP contribution in [0, 0.1) is 0 Å². The molecule has 8 heteroatoms. The summed E-state index contributed by atoms with van der Waals surface area (Å²) in [5.74, 6) is 0.685. The minimum Gasteiger partial charge on any atom is -0.497 e. The summed E-state index contributed by atoms with van der Waals surface area (Å²) in [4.78, 5) is 44.3. The Labute approximate surface area is 214 Å². The number of fused-ring (bicyclic) bond motifs is 1. The Kier molecular flexibility index (Phi) is 6.98. The number of aromatic nitrogens is 2. The Hall–Kier alpha value is -4.46. The van der Waals surface area contributed by atoms with Crippen molar-refractivity contribution in [1.82, 2.24) is 14.9 Å². The van der Waals surface area contributed by atoms with E-state index in [-0.39, 0.29) is 30.2 Å². The maximum Gasteiger partial charge on any atom is 0.277 e. The second kappa shape index (κ2) is 10.7. The second-order valence-corrected chi connectivity index (χ2v) is 8.98. The number of carbonyl (C=O) groups is 2. The van der Waals surface area contributed by atoms with Crippen LogP contribution in [0.1, 0.15) is 30.5 Å². The lowest BCUT2D eigenvalue weighted by molar-refractivity contribution is -0.121. The van der Waals surface area contributed by atoms with Crippen molar-refractivity contribution in [3.8, 4) is 11.4 Å². The Morgan fingerprint density at radius 1 is 0.973 bits per heavy atom. The molecule has 1 aromatic heterocycles. The van der Waals surface area contributed by atoms with Crippen molar-refractivity contribution in [2.45, 2.75) is 32.2 Å². The second-order valence-electron chi connectivity index (χ2n) is 8.98. The Morgan fingerprint density at radius 3 is 2.41 bits per heavy atom. The first kappa shape index (κ1) is 24.2. The monoisotopic (exact) mass is 496 g/mol. The van der Waals surface area contributed by atoms with Crippen molar-refractivity contribution < 1.29 is 14.3 Å². The van der Waals surface area contributed by atoms with Crippen molar-refractivity contribution in [3.63, 3.8) is 0 Å². The summed E-state index contributed by atoms with van der Waals surface area (Å²) in [7, 11) is 1.60. The zero-order valence-electron chi connectivity index (χ0n) is 20.6. The smallest absolute Gasteiger partial charge is 0.277 e. The molecule has 0 aliphatic carbocycles. The molecule has 3 aromatic carbocycles. The highest BCUT2D eigenvalue weighted by atomic mass is 16.5. The maximum absolute atomic E-state index is 13.4. The third kappa shape index (κ3) is 5.23. The highest BCUT2D eigenvalue weighted by molar-refractivity contribution is 5.95. The van der Waals surface area contributed by atoms with Crippen LogP contribution < -0.4 is 20.5 Å². The van der Waals surface area contributed by atoms with Crippen LogP contribution in [-0.2, 0) is 22.6 Å². The molecule has 1 aliphatic heterocycles. The number of anilines is 1. The van der Waals surface area contributed by atoms with Gasteiger partial charge in [-0.3, -0.25) is 19.0 Å². The minimum absolute atomic E-state index is 0.142. The van der Waals surface area contributed by atoms with E-state index >= 15 is 0 Å². The number of carbonyl (C=O) groups excluding carboxylic acids is 2. The molecule has 2 heterocycles. The van der Waals surface area contributed by atoms with Crippen molar-refractivity contribution in [3.05, 3.63) is 94.4 Å². The van der Waals surface area contributed by atoms with Gasteiger partial charge in [0.15, 0.2) is 0 Å². The summed E-state index contributed by atoms with van der Waals surface area (Å²) >= 11 is 0. The molecule has 1 fully saturated rings. The van der Waals surface area contributed by atoms with Crippen LogP contribution >= 0.6 is 0 Å². The topological polar surface area (TPSA) is 93.5 Å². The molecular formula is C29H28N4O4. The SMILES string of the molecule is COc1ccc(-n2c(=O)c(CCC(=O)NCc3ccc(N4CCCC4=O)cc3)nc3ccccc32)cc1. The molecule has 8 nitrogen and oxygen atoms in total. The number of hydrogen-bond acceptors (Lipinski definition) is 5. The van der Waals surface area contributed by atoms with Gasteiger partial charge < -0.3 is 15.0 Å². The van der Waals surface area contributed by atoms with Gasteiger partial charge in [-0.05, 0) is 60.5 Å². The van der Waals surface area contributed by atoms with E-state index in [1.54, 1.807) is 28.7 Å². The van der Waals surface area contributed by atoms with E-state index in [2.05, 4.69) is 10.3 Å². The highest BCUT2D eigenvalue weighted by Gasteiger charge is 2.21. The molecule has 0 atom stereocenters. The molecule has 4 aromatic rings. The fourth-order valence-corrected chi connectivity index (χ4v) is 4.57. The lowest BCUT2D eigenvalue weighted by Gasteiger charge is -2.16. The van der Waals surface area contributed by atoms with Gasteiger partial charge in [-0.15, -0.1) is 0 Å². The normalized spacial score (nSPS) is 13.2. The van der Waals surface area contributed by atoms with Crippen LogP contribution in [0.5, 0.6) is 5.75 Å². The number of nitrogens with one attached hydrogen (secondary N) is 1. The summed E-state index contributed by atoms with van der Waals surface area (Å²) in [5, 5.41) is 2.91. The fraction of sp³-hybridized carbons (Fsp3) is 0.241. The van der Waals surface area contributed by atoms with E-state index in [1.807, 2.05) is 60.7 Å². The molecule has 0 bridgehead atoms. The molecule has 0 unspecified atom stereocenters. The molecule has 0 spiro atoms. The predicted molar refractivity (Wildman–Crippen MR) is 142 cm³/mol. The van der Waals surface area contributed by atoms with E-state index in [9.17, 15) is 14.4 Å². The fourth-order valence-electron chi connectivity index (χ4n) is 4.57. The van der Waals surface area contributed by atoms with Crippen molar-refractivity contribution in [1.29, 1.82) is 0 Å². The van der Waals surface area contributed by atoms with E-state index < -0.39 is 0 Å². The number of rotatable bonds is 8. The molecule has 188 valence electrons. The number of hydrogen-bond donors (Lipinski definition) is 1. The third-order valence-electron chi connectivity index (χ3n) is 6.56. The molecule has 37 heavy (non-hydrogen) atoms. The average Bonchev–Trinajstić information content (AvgIpc) is 3.37. The quantitative estimate of drug-likeness (QED) is 0.401. The number of nitrogens with zero attached hydrogens (tertiary/aromatic N) is 3. The summed E-state index contributed by atoms with van der Waals surface area (Å²) in [6, 6.07) is 22.4. The first-order chi connectivity index (χ1) is 18.0. The van der Waals surface area contributed by atoms with Crippen LogP contribution in [0.4, 0.5) is 5.69 Å². The van der Waals surface area contributed by atoms with Crippen LogP contribution in [0.3, 0.4) is 0 Å². The van der Waals surface area contributed by atoms with Crippen LogP contribution in [-0.4, -0.2) is 35.0 Å². The van der Waals surface area contributed by atoms with E-state index in [0.717, 1.165) is 24.2 Å². The molecule has 1 saturated heterocycles. The molecule has 2 amide bonds. The van der Waals surface area contributed by atoms with Gasteiger partial charge in [0, 0.05) is 43.7 Å². The Morgan fingerprint density at radius 2 is 1.70 bits per heavy atom. The van der Waals surface area contributed by atoms with Gasteiger partial charge in [0.25, 0.3) is 5.56 Å². The summed E-state index contributed by atoms with van der Waals surface area (Å²) < 4.78 is 6.87. The largest absolute Gasteiger partial charge is 0.497 e. The van der Waals surface area contributed by atoms with Gasteiger partial charge in [0.05, 0.1) is 18.1 Å². The van der Waals surface area contributed by atoms with Crippen LogP contribution in [0.2, 0.25) is 0 Å². The van der Waals surface area contributed by atoms with E-state index in [4.69, 9.17) is 4.74 Å². The Bertz CT molecular complexity index is 1490. The predicted octanol–water partition coefficient (Wildman–Crippen LogP) is 3.77. The number of methoxy groups -OCH3 is 1. The van der Waals surface area contributed by atoms with Crippen LogP contribution in [0.15, 0.2) is 77.6 Å². The van der Waals surface area contributed by atoms with Gasteiger partial charge in [0.2, 0.25) is 11.8 Å². The van der Waals surface area contributed by atoms with Gasteiger partial charge >= 0.3 is 0 Å². The standard InChI is InChI=1S/C29H28N4O4/c1-37-23-14-12-22(13-15-23)33-26-6-3-2-5-24(26)31-25(29(33)36)16-17-27(34)30-19-20-8-10-21(11-9-20)32-18-4-7-28(32)35/h2-3,5-6,8-15H,4,7,16-19H2,1H3,(H,30,34). The third-order valence-corrected chi connectivity index (χ3v) is 6.56. The van der Waals surface area contributed by atoms with Gasteiger partial charge in [-0.1, -0.05) is 24.3 Å². The number of benzene rings is 3. The van der Waals surface area contributed by atoms with Crippen LogP contribution in [0.25, 0.3) is 16.7 Å². The summed E-state index contributed by atoms with van der Waals surface area (Å²) in [5.41, 5.74) is 4.00. The van der Waals surface area contributed by atoms with Gasteiger partial charge in [-0.25, -0.2) is 4.98 Å². The van der Waals surface area contributed by atoms with E-state index in [1.165, 1.54) is 0 Å². The van der Waals surface area contributed by atoms with Gasteiger partial charge in [0.1, 0.15) is 11.4 Å². The number of aryl methyl sites for hydroxylation is 1. The molecular weight excluding hydrogens is 468 g/mol. The summed E-state index contributed by atoms with van der Waals surface area (Å²) in [6.45, 7) is 1.12.